The zero-order chi connectivity index (χ0) is 6.08. The lowest BCUT2D eigenvalue weighted by atomic mass is 10.8. The number of halogens is 4. The molecule has 0 bridgehead atoms. The van der Waals surface area contributed by atoms with Crippen LogP contribution in [0.1, 0.15) is 0 Å². The summed E-state index contributed by atoms with van der Waals surface area (Å²) in [6, 6.07) is 0. The molecule has 0 rings (SSSR count). The molecule has 0 aliphatic heterocycles. The highest BCUT2D eigenvalue weighted by Crippen LogP contribution is 2.38. The minimum Gasteiger partial charge on any atom is -0.316 e. The van der Waals surface area contributed by atoms with E-state index in [0.29, 0.717) is 0 Å². The van der Waals surface area contributed by atoms with Crippen molar-refractivity contribution in [3.63, 3.8) is 0 Å². The second kappa shape index (κ2) is 3.15. The van der Waals surface area contributed by atoms with Gasteiger partial charge in [0.05, 0.1) is 4.95 Å². The monoisotopic (exact) mass is 357 g/mol. The minimum atomic E-state index is -0.368. The highest BCUT2D eigenvalue weighted by Gasteiger charge is 2.24. The van der Waals surface area contributed by atoms with Gasteiger partial charge in [-0.2, -0.15) is 0 Å². The Labute approximate surface area is 75.9 Å². The Bertz CT molecular complexity index is 55.2. The summed E-state index contributed by atoms with van der Waals surface area (Å²) in [5.74, 6) is 0. The molecule has 0 radical (unpaired) electrons. The molecule has 44 valence electrons. The molecular weight excluding hydrogens is 358 g/mol. The van der Waals surface area contributed by atoms with Gasteiger partial charge in [0, 0.05) is 0 Å². The average Bonchev–Trinajstić information content (AvgIpc) is 1.31. The summed E-state index contributed by atoms with van der Waals surface area (Å²) in [7, 11) is 0. The van der Waals surface area contributed by atoms with Crippen molar-refractivity contribution in [2.45, 2.75) is 7.09 Å². The maximum atomic E-state index is 5.35. The normalized spacial score (nSPS) is 16.7. The molecule has 1 unspecified atom stereocenters. The topological polar surface area (TPSA) is 26.0 Å². The van der Waals surface area contributed by atoms with E-state index < -0.39 is 0 Å². The average molecular weight is 361 g/mol. The fraction of sp³-hybridized carbons (Fsp3) is 1.00. The van der Waals surface area contributed by atoms with E-state index in [-0.39, 0.29) is 7.09 Å². The van der Waals surface area contributed by atoms with E-state index in [1.54, 1.807) is 0 Å². The largest absolute Gasteiger partial charge is 0.316 e. The van der Waals surface area contributed by atoms with E-state index in [4.69, 9.17) is 5.73 Å². The third kappa shape index (κ3) is 4.39. The Morgan fingerprint density at radius 2 is 1.43 bits per heavy atom. The fourth-order valence-electron chi connectivity index (χ4n) is 0. The van der Waals surface area contributed by atoms with Crippen LogP contribution in [0.3, 0.4) is 0 Å². The van der Waals surface area contributed by atoms with Crippen molar-refractivity contribution in [3.8, 4) is 0 Å². The number of nitrogens with two attached hydrogens (primary N) is 1. The minimum absolute atomic E-state index is 0.139. The van der Waals surface area contributed by atoms with Crippen LogP contribution in [-0.2, 0) is 0 Å². The molecule has 0 heterocycles. The van der Waals surface area contributed by atoms with Crippen molar-refractivity contribution in [2.24, 2.45) is 5.73 Å². The van der Waals surface area contributed by atoms with Crippen molar-refractivity contribution in [3.05, 3.63) is 0 Å². The summed E-state index contributed by atoms with van der Waals surface area (Å²) in [4.78, 5) is -0.139. The zero-order valence-electron chi connectivity index (χ0n) is 3.17. The van der Waals surface area contributed by atoms with Gasteiger partial charge in [-0.05, 0) is 0 Å². The highest BCUT2D eigenvalue weighted by atomic mass is 80.0. The van der Waals surface area contributed by atoms with Crippen LogP contribution in [0.5, 0.6) is 0 Å². The Balaban J connectivity index is 3.54. The van der Waals surface area contributed by atoms with Crippen LogP contribution in [0, 0.1) is 0 Å². The Morgan fingerprint density at radius 1 is 1.29 bits per heavy atom. The van der Waals surface area contributed by atoms with Crippen LogP contribution in [-0.4, -0.2) is 7.09 Å². The van der Waals surface area contributed by atoms with Crippen molar-refractivity contribution in [2.75, 3.05) is 0 Å². The molecule has 0 fully saturated rings. The fourth-order valence-corrected chi connectivity index (χ4v) is 0. The first-order valence-electron chi connectivity index (χ1n) is 1.41. The molecule has 0 spiro atoms. The van der Waals surface area contributed by atoms with Gasteiger partial charge in [0.15, 0.2) is 2.14 Å². The van der Waals surface area contributed by atoms with Gasteiger partial charge in [0.25, 0.3) is 0 Å². The van der Waals surface area contributed by atoms with E-state index in [0.717, 1.165) is 0 Å². The summed E-state index contributed by atoms with van der Waals surface area (Å²) in [5, 5.41) is 0. The second-order valence-corrected chi connectivity index (χ2v) is 8.87. The highest BCUT2D eigenvalue weighted by molar-refractivity contribution is 9.40. The maximum absolute atomic E-state index is 5.35. The van der Waals surface area contributed by atoms with Gasteiger partial charge in [-0.3, -0.25) is 0 Å². The number of rotatable bonds is 0. The van der Waals surface area contributed by atoms with E-state index in [2.05, 4.69) is 63.7 Å². The Hall–Kier alpha value is 1.88. The molecule has 1 nitrogen and oxygen atoms in total. The first-order chi connectivity index (χ1) is 2.94. The first-order valence-corrected chi connectivity index (χ1v) is 4.70. The summed E-state index contributed by atoms with van der Waals surface area (Å²) in [5.41, 5.74) is 5.35. The van der Waals surface area contributed by atoms with Gasteiger partial charge < -0.3 is 5.73 Å². The van der Waals surface area contributed by atoms with Crippen molar-refractivity contribution < 1.29 is 0 Å². The molecule has 0 amide bonds. The first kappa shape index (κ1) is 8.88. The van der Waals surface area contributed by atoms with Crippen LogP contribution in [0.25, 0.3) is 0 Å². The third-order valence-electron chi connectivity index (χ3n) is 0.313. The predicted octanol–water partition coefficient (Wildman–Crippen LogP) is 2.50. The smallest absolute Gasteiger partial charge is 0.159 e. The van der Waals surface area contributed by atoms with E-state index in [1.165, 1.54) is 0 Å². The molecule has 0 saturated carbocycles. The van der Waals surface area contributed by atoms with E-state index in [9.17, 15) is 0 Å². The van der Waals surface area contributed by atoms with Gasteiger partial charge in [-0.15, -0.1) is 0 Å². The molecule has 7 heavy (non-hydrogen) atoms. The lowest BCUT2D eigenvalue weighted by Crippen LogP contribution is -2.26. The molecule has 0 aliphatic rings. The molecular formula is C2H3Br4N. The predicted molar refractivity (Wildman–Crippen MR) is 46.4 cm³/mol. The van der Waals surface area contributed by atoms with Crippen LogP contribution in [0.2, 0.25) is 0 Å². The molecule has 0 aromatic rings. The molecule has 0 aromatic carbocycles. The zero-order valence-corrected chi connectivity index (χ0v) is 9.51. The lowest BCUT2D eigenvalue weighted by Gasteiger charge is -2.13. The number of hydrogen-bond donors (Lipinski definition) is 1. The number of alkyl halides is 4. The van der Waals surface area contributed by atoms with E-state index >= 15 is 0 Å². The molecule has 0 aromatic heterocycles. The molecule has 2 N–H and O–H groups in total. The van der Waals surface area contributed by atoms with Gasteiger partial charge >= 0.3 is 0 Å². The van der Waals surface area contributed by atoms with Gasteiger partial charge in [-0.1, -0.05) is 63.7 Å². The summed E-state index contributed by atoms with van der Waals surface area (Å²) >= 11 is 12.7. The van der Waals surface area contributed by atoms with Crippen molar-refractivity contribution in [1.29, 1.82) is 0 Å². The summed E-state index contributed by atoms with van der Waals surface area (Å²) in [6.45, 7) is 0. The van der Waals surface area contributed by atoms with Crippen LogP contribution in [0.4, 0.5) is 0 Å². The second-order valence-electron chi connectivity index (χ2n) is 0.943. The Morgan fingerprint density at radius 3 is 1.43 bits per heavy atom. The molecule has 0 saturated heterocycles. The maximum Gasteiger partial charge on any atom is 0.159 e. The lowest BCUT2D eigenvalue weighted by molar-refractivity contribution is 1.03. The van der Waals surface area contributed by atoms with Crippen molar-refractivity contribution in [1.82, 2.24) is 0 Å². The number of hydrogen-bond acceptors (Lipinski definition) is 1. The van der Waals surface area contributed by atoms with Crippen molar-refractivity contribution >= 4 is 63.7 Å². The van der Waals surface area contributed by atoms with Crippen LogP contribution in [0.15, 0.2) is 0 Å². The summed E-state index contributed by atoms with van der Waals surface area (Å²) in [6.07, 6.45) is 0. The van der Waals surface area contributed by atoms with Gasteiger partial charge in [0.1, 0.15) is 0 Å². The molecule has 5 heteroatoms. The Kier molecular flexibility index (Phi) is 4.00. The quantitative estimate of drug-likeness (QED) is 0.521. The third-order valence-corrected chi connectivity index (χ3v) is 4.32. The SMILES string of the molecule is NC(Br)C(Br)(Br)Br. The van der Waals surface area contributed by atoms with Crippen LogP contribution >= 0.6 is 63.7 Å². The van der Waals surface area contributed by atoms with Crippen LogP contribution < -0.4 is 5.73 Å². The molecule has 1 atom stereocenters. The standard InChI is InChI=1S/C2H3Br4N/c3-1(7)2(4,5)6/h1H,7H2. The van der Waals surface area contributed by atoms with Gasteiger partial charge in [0.2, 0.25) is 0 Å². The molecule has 0 aliphatic carbocycles. The summed E-state index contributed by atoms with van der Waals surface area (Å²) < 4.78 is -0.368. The van der Waals surface area contributed by atoms with Gasteiger partial charge in [-0.25, -0.2) is 0 Å². The van der Waals surface area contributed by atoms with E-state index in [1.807, 2.05) is 0 Å².